The number of aromatic nitrogens is 3. The number of methoxy groups -OCH3 is 3. The standard InChI is InChI=1S/C29H31ClF3N5O3S/c1-38(25-21-12-20(13-29(31,32)33)42-27(21)37-28(30)36-25)22-10-19(11-23(22)39-2)34-14-16-5-7-17(8-6-16)18-9-24(40-3)26(41-4)35-15-18/h5-9,12,15,19,22-23,34H,10-11,13-14H2,1-4H3. The van der Waals surface area contributed by atoms with Crippen LogP contribution in [-0.2, 0) is 17.7 Å². The molecule has 3 atom stereocenters. The van der Waals surface area contributed by atoms with Gasteiger partial charge in [-0.1, -0.05) is 24.3 Å². The van der Waals surface area contributed by atoms with Crippen LogP contribution >= 0.6 is 22.9 Å². The van der Waals surface area contributed by atoms with Gasteiger partial charge in [-0.05, 0) is 47.7 Å². The molecule has 0 amide bonds. The van der Waals surface area contributed by atoms with Gasteiger partial charge in [-0.15, -0.1) is 11.3 Å². The normalized spacial score (nSPS) is 18.9. The molecular weight excluding hydrogens is 591 g/mol. The van der Waals surface area contributed by atoms with Crippen molar-refractivity contribution in [3.05, 3.63) is 58.3 Å². The van der Waals surface area contributed by atoms with E-state index in [2.05, 4.69) is 32.4 Å². The molecule has 1 aliphatic rings. The third-order valence-corrected chi connectivity index (χ3v) is 8.69. The summed E-state index contributed by atoms with van der Waals surface area (Å²) < 4.78 is 55.5. The second-order valence-electron chi connectivity index (χ2n) is 10.2. The summed E-state index contributed by atoms with van der Waals surface area (Å²) in [6.07, 6.45) is -2.16. The number of fused-ring (bicyclic) bond motifs is 1. The van der Waals surface area contributed by atoms with E-state index in [4.69, 9.17) is 25.8 Å². The van der Waals surface area contributed by atoms with Crippen molar-refractivity contribution < 1.29 is 27.4 Å². The Balaban J connectivity index is 1.26. The van der Waals surface area contributed by atoms with E-state index in [1.54, 1.807) is 27.5 Å². The molecule has 13 heteroatoms. The van der Waals surface area contributed by atoms with Crippen LogP contribution in [0.5, 0.6) is 11.6 Å². The Labute approximate surface area is 250 Å². The Kier molecular flexibility index (Phi) is 9.07. The van der Waals surface area contributed by atoms with Crippen LogP contribution in [0.25, 0.3) is 21.3 Å². The smallest absolute Gasteiger partial charge is 0.393 e. The molecule has 1 N–H and O–H groups in total. The molecule has 3 aromatic heterocycles. The first kappa shape index (κ1) is 30.3. The fraction of sp³-hybridized carbons (Fsp3) is 0.414. The predicted molar refractivity (Wildman–Crippen MR) is 158 cm³/mol. The van der Waals surface area contributed by atoms with Gasteiger partial charge in [0.2, 0.25) is 5.28 Å². The van der Waals surface area contributed by atoms with Gasteiger partial charge in [-0.2, -0.15) is 18.2 Å². The Morgan fingerprint density at radius 1 is 1.05 bits per heavy atom. The highest BCUT2D eigenvalue weighted by molar-refractivity contribution is 7.18. The van der Waals surface area contributed by atoms with Crippen LogP contribution in [0.15, 0.2) is 42.6 Å². The van der Waals surface area contributed by atoms with E-state index in [1.807, 2.05) is 30.1 Å². The fourth-order valence-electron chi connectivity index (χ4n) is 5.41. The molecule has 8 nitrogen and oxygen atoms in total. The van der Waals surface area contributed by atoms with Crippen molar-refractivity contribution in [2.24, 2.45) is 0 Å². The van der Waals surface area contributed by atoms with Gasteiger partial charge < -0.3 is 24.4 Å². The van der Waals surface area contributed by atoms with E-state index >= 15 is 0 Å². The van der Waals surface area contributed by atoms with E-state index in [1.165, 1.54) is 6.07 Å². The maximum atomic E-state index is 13.0. The Morgan fingerprint density at radius 3 is 2.48 bits per heavy atom. The zero-order valence-electron chi connectivity index (χ0n) is 23.5. The average molecular weight is 622 g/mol. The van der Waals surface area contributed by atoms with Gasteiger partial charge in [-0.3, -0.25) is 0 Å². The van der Waals surface area contributed by atoms with Gasteiger partial charge in [-0.25, -0.2) is 9.97 Å². The van der Waals surface area contributed by atoms with Crippen LogP contribution in [0, 0.1) is 0 Å². The van der Waals surface area contributed by atoms with E-state index < -0.39 is 12.6 Å². The van der Waals surface area contributed by atoms with Crippen LogP contribution in [0.3, 0.4) is 0 Å². The monoisotopic (exact) mass is 621 g/mol. The summed E-state index contributed by atoms with van der Waals surface area (Å²) in [5, 5.41) is 4.19. The SMILES string of the molecule is COc1cc(-c2ccc(CNC3CC(OC)C(N(C)c4nc(Cl)nc5sc(CC(F)(F)F)cc45)C3)cc2)cnc1OC. The summed E-state index contributed by atoms with van der Waals surface area (Å²) in [4.78, 5) is 15.5. The minimum atomic E-state index is -4.31. The number of rotatable bonds is 10. The van der Waals surface area contributed by atoms with E-state index in [0.717, 1.165) is 40.9 Å². The summed E-state index contributed by atoms with van der Waals surface area (Å²) in [5.74, 6) is 1.51. The molecule has 224 valence electrons. The van der Waals surface area contributed by atoms with Crippen LogP contribution in [0.2, 0.25) is 5.28 Å². The van der Waals surface area contributed by atoms with E-state index in [-0.39, 0.29) is 28.3 Å². The van der Waals surface area contributed by atoms with Gasteiger partial charge >= 0.3 is 6.18 Å². The van der Waals surface area contributed by atoms with Gasteiger partial charge in [0.25, 0.3) is 5.88 Å². The van der Waals surface area contributed by atoms with Crippen molar-refractivity contribution in [1.82, 2.24) is 20.3 Å². The predicted octanol–water partition coefficient (Wildman–Crippen LogP) is 6.30. The third-order valence-electron chi connectivity index (χ3n) is 7.49. The largest absolute Gasteiger partial charge is 0.491 e. The van der Waals surface area contributed by atoms with Crippen LogP contribution in [0.1, 0.15) is 23.3 Å². The van der Waals surface area contributed by atoms with Gasteiger partial charge in [0.15, 0.2) is 5.75 Å². The lowest BCUT2D eigenvalue weighted by atomic mass is 10.1. The van der Waals surface area contributed by atoms with Crippen LogP contribution < -0.4 is 19.7 Å². The highest BCUT2D eigenvalue weighted by atomic mass is 35.5. The molecule has 0 spiro atoms. The summed E-state index contributed by atoms with van der Waals surface area (Å²) >= 11 is 7.18. The van der Waals surface area contributed by atoms with E-state index in [9.17, 15) is 13.2 Å². The number of nitrogens with one attached hydrogen (secondary N) is 1. The number of thiophene rings is 1. The quantitative estimate of drug-likeness (QED) is 0.207. The maximum Gasteiger partial charge on any atom is 0.393 e. The molecule has 3 heterocycles. The number of halogens is 4. The zero-order valence-corrected chi connectivity index (χ0v) is 25.1. The zero-order chi connectivity index (χ0) is 30.0. The second kappa shape index (κ2) is 12.6. The Morgan fingerprint density at radius 2 is 1.81 bits per heavy atom. The first-order chi connectivity index (χ1) is 20.1. The average Bonchev–Trinajstić information content (AvgIpc) is 3.57. The molecule has 42 heavy (non-hydrogen) atoms. The topological polar surface area (TPSA) is 81.6 Å². The molecule has 1 saturated carbocycles. The van der Waals surface area contributed by atoms with Crippen molar-refractivity contribution in [2.75, 3.05) is 33.3 Å². The summed E-state index contributed by atoms with van der Waals surface area (Å²) in [7, 11) is 6.68. The molecule has 1 fully saturated rings. The molecular formula is C29H31ClF3N5O3S. The molecule has 0 aliphatic heterocycles. The lowest BCUT2D eigenvalue weighted by Gasteiger charge is -2.30. The Hall–Kier alpha value is -3.19. The van der Waals surface area contributed by atoms with Crippen molar-refractivity contribution in [3.63, 3.8) is 0 Å². The first-order valence-corrected chi connectivity index (χ1v) is 14.5. The second-order valence-corrected chi connectivity index (χ2v) is 11.6. The Bertz CT molecular complexity index is 1540. The van der Waals surface area contributed by atoms with Gasteiger partial charge in [0.05, 0.1) is 38.2 Å². The van der Waals surface area contributed by atoms with Crippen LogP contribution in [-0.4, -0.2) is 67.7 Å². The van der Waals surface area contributed by atoms with Gasteiger partial charge in [0, 0.05) is 43.4 Å². The summed E-state index contributed by atoms with van der Waals surface area (Å²) in [5.41, 5.74) is 3.06. The molecule has 1 aromatic carbocycles. The number of benzene rings is 1. The minimum Gasteiger partial charge on any atom is -0.491 e. The number of likely N-dealkylation sites (N-methyl/N-ethyl adjacent to an activating group) is 1. The summed E-state index contributed by atoms with van der Waals surface area (Å²) in [6, 6.07) is 11.7. The van der Waals surface area contributed by atoms with Crippen molar-refractivity contribution in [2.45, 2.75) is 50.2 Å². The van der Waals surface area contributed by atoms with Crippen LogP contribution in [0.4, 0.5) is 19.0 Å². The number of ether oxygens (including phenoxy) is 3. The molecule has 1 aliphatic carbocycles. The first-order valence-electron chi connectivity index (χ1n) is 13.3. The van der Waals surface area contributed by atoms with Crippen molar-refractivity contribution >= 4 is 39.0 Å². The molecule has 3 unspecified atom stereocenters. The van der Waals surface area contributed by atoms with E-state index in [0.29, 0.717) is 34.2 Å². The minimum absolute atomic E-state index is 0.00119. The molecule has 4 aromatic rings. The fourth-order valence-corrected chi connectivity index (χ4v) is 6.68. The summed E-state index contributed by atoms with van der Waals surface area (Å²) in [6.45, 7) is 0.664. The number of nitrogens with zero attached hydrogens (tertiary/aromatic N) is 4. The lowest BCUT2D eigenvalue weighted by Crippen LogP contribution is -2.39. The van der Waals surface area contributed by atoms with Crippen molar-refractivity contribution in [1.29, 1.82) is 0 Å². The number of hydrogen-bond acceptors (Lipinski definition) is 9. The lowest BCUT2D eigenvalue weighted by molar-refractivity contribution is -0.126. The highest BCUT2D eigenvalue weighted by Crippen LogP contribution is 2.38. The number of pyridine rings is 1. The number of anilines is 1. The van der Waals surface area contributed by atoms with Crippen molar-refractivity contribution in [3.8, 4) is 22.8 Å². The van der Waals surface area contributed by atoms with Gasteiger partial charge in [0.1, 0.15) is 10.6 Å². The molecule has 5 rings (SSSR count). The maximum absolute atomic E-state index is 13.0. The number of hydrogen-bond donors (Lipinski definition) is 1. The number of alkyl halides is 3. The highest BCUT2D eigenvalue weighted by Gasteiger charge is 2.38. The molecule has 0 saturated heterocycles. The third kappa shape index (κ3) is 6.72. The molecule has 0 radical (unpaired) electrons. The molecule has 0 bridgehead atoms.